The van der Waals surface area contributed by atoms with E-state index in [2.05, 4.69) is 25.9 Å². The summed E-state index contributed by atoms with van der Waals surface area (Å²) < 4.78 is 10.5. The van der Waals surface area contributed by atoms with Gasteiger partial charge >= 0.3 is 0 Å². The largest absolute Gasteiger partial charge is 0.454 e. The molecule has 30 heavy (non-hydrogen) atoms. The van der Waals surface area contributed by atoms with Crippen molar-refractivity contribution in [3.8, 4) is 11.5 Å². The van der Waals surface area contributed by atoms with Crippen molar-refractivity contribution in [2.24, 2.45) is 15.7 Å². The molecule has 1 unspecified atom stereocenters. The van der Waals surface area contributed by atoms with Crippen LogP contribution in [0.4, 0.5) is 11.4 Å². The minimum Gasteiger partial charge on any atom is -0.454 e. The number of benzene rings is 2. The molecular formula is C20H20N6O4. The zero-order valence-corrected chi connectivity index (χ0v) is 16.1. The number of nitrogens with two attached hydrogens (primary N) is 1. The van der Waals surface area contributed by atoms with Crippen molar-refractivity contribution in [2.75, 3.05) is 17.4 Å². The second-order valence-corrected chi connectivity index (χ2v) is 6.77. The normalized spacial score (nSPS) is 17.4. The highest BCUT2D eigenvalue weighted by Crippen LogP contribution is 2.34. The highest BCUT2D eigenvalue weighted by molar-refractivity contribution is 6.11. The van der Waals surface area contributed by atoms with E-state index in [1.807, 2.05) is 31.2 Å². The van der Waals surface area contributed by atoms with Crippen molar-refractivity contribution in [1.29, 1.82) is 0 Å². The van der Waals surface area contributed by atoms with Gasteiger partial charge in [-0.1, -0.05) is 12.1 Å². The van der Waals surface area contributed by atoms with Gasteiger partial charge < -0.3 is 25.8 Å². The number of rotatable bonds is 4. The monoisotopic (exact) mass is 408 g/mol. The third-order valence-electron chi connectivity index (χ3n) is 4.37. The standard InChI is InChI=1S/C20H20N6O4/c1-11-3-2-4-12(7-11)23-19(21)26-20-24-14(18(28)25-20)9-17(27)22-13-5-6-15-16(8-13)30-10-29-15/h2-8,14H,9-10H2,1H3,(H,22,27)(H4,21,23,24,25,26,28). The number of nitrogens with one attached hydrogen (secondary N) is 3. The van der Waals surface area contributed by atoms with Crippen molar-refractivity contribution in [3.63, 3.8) is 0 Å². The number of ether oxygens (including phenoxy) is 2. The summed E-state index contributed by atoms with van der Waals surface area (Å²) in [5.74, 6) is 0.514. The average molecular weight is 408 g/mol. The van der Waals surface area contributed by atoms with Crippen LogP contribution in [0.1, 0.15) is 12.0 Å². The molecule has 0 saturated heterocycles. The molecule has 0 spiro atoms. The molecule has 154 valence electrons. The lowest BCUT2D eigenvalue weighted by Crippen LogP contribution is -2.32. The quantitative estimate of drug-likeness (QED) is 0.445. The maximum atomic E-state index is 12.3. The number of carbonyl (C=O) groups is 2. The molecular weight excluding hydrogens is 388 g/mol. The summed E-state index contributed by atoms with van der Waals surface area (Å²) in [5, 5.41) is 8.17. The van der Waals surface area contributed by atoms with Crippen molar-refractivity contribution in [2.45, 2.75) is 19.4 Å². The fourth-order valence-corrected chi connectivity index (χ4v) is 3.00. The molecule has 0 aliphatic carbocycles. The molecule has 2 aliphatic rings. The first-order chi connectivity index (χ1) is 14.5. The van der Waals surface area contributed by atoms with Gasteiger partial charge in [-0.2, -0.15) is 4.99 Å². The van der Waals surface area contributed by atoms with Crippen LogP contribution >= 0.6 is 0 Å². The summed E-state index contributed by atoms with van der Waals surface area (Å²) >= 11 is 0. The molecule has 2 heterocycles. The summed E-state index contributed by atoms with van der Waals surface area (Å²) in [6.45, 7) is 2.11. The number of hydrogen-bond acceptors (Lipinski definition) is 6. The minimum atomic E-state index is -0.885. The highest BCUT2D eigenvalue weighted by Gasteiger charge is 2.29. The van der Waals surface area contributed by atoms with Crippen molar-refractivity contribution >= 4 is 35.1 Å². The predicted octanol–water partition coefficient (Wildman–Crippen LogP) is 1.33. The van der Waals surface area contributed by atoms with Gasteiger partial charge in [-0.05, 0) is 36.8 Å². The molecule has 2 aromatic carbocycles. The first-order valence-electron chi connectivity index (χ1n) is 9.22. The summed E-state index contributed by atoms with van der Waals surface area (Å²) in [4.78, 5) is 32.7. The molecule has 5 N–H and O–H groups in total. The fraction of sp³-hybridized carbons (Fsp3) is 0.200. The molecule has 10 nitrogen and oxygen atoms in total. The van der Waals surface area contributed by atoms with Crippen LogP contribution in [-0.2, 0) is 9.59 Å². The van der Waals surface area contributed by atoms with E-state index in [0.29, 0.717) is 17.2 Å². The maximum Gasteiger partial charge on any atom is 0.252 e. The Bertz CT molecular complexity index is 1070. The highest BCUT2D eigenvalue weighted by atomic mass is 16.7. The number of carbonyl (C=O) groups excluding carboxylic acids is 2. The Balaban J connectivity index is 1.36. The molecule has 1 atom stereocenters. The minimum absolute atomic E-state index is 0.0542. The smallest absolute Gasteiger partial charge is 0.252 e. The number of amides is 2. The van der Waals surface area contributed by atoms with E-state index >= 15 is 0 Å². The maximum absolute atomic E-state index is 12.3. The van der Waals surface area contributed by atoms with Crippen LogP contribution in [0, 0.1) is 6.92 Å². The van der Waals surface area contributed by atoms with E-state index < -0.39 is 11.9 Å². The van der Waals surface area contributed by atoms with Crippen LogP contribution < -0.4 is 31.2 Å². The van der Waals surface area contributed by atoms with Crippen LogP contribution in [0.3, 0.4) is 0 Å². The van der Waals surface area contributed by atoms with Crippen LogP contribution in [-0.4, -0.2) is 36.6 Å². The number of guanidine groups is 2. The van der Waals surface area contributed by atoms with Crippen LogP contribution in [0.5, 0.6) is 11.5 Å². The summed E-state index contributed by atoms with van der Waals surface area (Å²) in [7, 11) is 0. The number of anilines is 2. The molecule has 0 saturated carbocycles. The van der Waals surface area contributed by atoms with Gasteiger partial charge in [-0.15, -0.1) is 0 Å². The van der Waals surface area contributed by atoms with Gasteiger partial charge in [-0.3, -0.25) is 14.9 Å². The Labute approximate surface area is 172 Å². The van der Waals surface area contributed by atoms with Crippen molar-refractivity contribution in [1.82, 2.24) is 5.32 Å². The molecule has 0 bridgehead atoms. The lowest BCUT2D eigenvalue weighted by molar-refractivity contribution is -0.123. The predicted molar refractivity (Wildman–Crippen MR) is 112 cm³/mol. The van der Waals surface area contributed by atoms with E-state index in [1.54, 1.807) is 18.2 Å². The topological polar surface area (TPSA) is 139 Å². The van der Waals surface area contributed by atoms with E-state index in [1.165, 1.54) is 0 Å². The Hall–Kier alpha value is -4.08. The SMILES string of the molecule is Cc1cccc(N/C(N)=N/C2=NC(CC(=O)Nc3ccc4c(c3)OCO4)C(=O)N2)c1. The first-order valence-corrected chi connectivity index (χ1v) is 9.22. The number of fused-ring (bicyclic) bond motifs is 1. The van der Waals surface area contributed by atoms with E-state index in [-0.39, 0.29) is 31.0 Å². The second-order valence-electron chi connectivity index (χ2n) is 6.77. The zero-order valence-electron chi connectivity index (χ0n) is 16.1. The average Bonchev–Trinajstić information content (AvgIpc) is 3.27. The number of aliphatic imine (C=N–C) groups is 2. The van der Waals surface area contributed by atoms with Crippen molar-refractivity contribution in [3.05, 3.63) is 48.0 Å². The lowest BCUT2D eigenvalue weighted by Gasteiger charge is -2.07. The first kappa shape index (κ1) is 19.2. The Morgan fingerprint density at radius 2 is 2.00 bits per heavy atom. The summed E-state index contributed by atoms with van der Waals surface area (Å²) in [6.07, 6.45) is -0.134. The summed E-state index contributed by atoms with van der Waals surface area (Å²) in [5.41, 5.74) is 8.25. The van der Waals surface area contributed by atoms with Crippen LogP contribution in [0.25, 0.3) is 0 Å². The lowest BCUT2D eigenvalue weighted by atomic mass is 10.2. The Morgan fingerprint density at radius 3 is 2.83 bits per heavy atom. The van der Waals surface area contributed by atoms with Gasteiger partial charge in [0, 0.05) is 17.4 Å². The molecule has 0 radical (unpaired) electrons. The van der Waals surface area contributed by atoms with E-state index in [9.17, 15) is 9.59 Å². The molecule has 2 aromatic rings. The van der Waals surface area contributed by atoms with Crippen LogP contribution in [0.15, 0.2) is 52.4 Å². The third-order valence-corrected chi connectivity index (χ3v) is 4.37. The molecule has 10 heteroatoms. The van der Waals surface area contributed by atoms with Crippen molar-refractivity contribution < 1.29 is 19.1 Å². The number of hydrogen-bond donors (Lipinski definition) is 4. The zero-order chi connectivity index (χ0) is 21.1. The number of aryl methyl sites for hydroxylation is 1. The van der Waals surface area contributed by atoms with Gasteiger partial charge in [0.05, 0.1) is 6.42 Å². The van der Waals surface area contributed by atoms with Gasteiger partial charge in [-0.25, -0.2) is 4.99 Å². The van der Waals surface area contributed by atoms with Gasteiger partial charge in [0.25, 0.3) is 5.91 Å². The molecule has 2 aliphatic heterocycles. The third kappa shape index (κ3) is 4.49. The summed E-state index contributed by atoms with van der Waals surface area (Å²) in [6, 6.07) is 11.8. The second kappa shape index (κ2) is 8.11. The molecule has 0 fully saturated rings. The number of nitrogens with zero attached hydrogens (tertiary/aromatic N) is 2. The molecule has 2 amide bonds. The van der Waals surface area contributed by atoms with Gasteiger partial charge in [0.15, 0.2) is 11.5 Å². The van der Waals surface area contributed by atoms with E-state index in [0.717, 1.165) is 11.3 Å². The Kier molecular flexibility index (Phi) is 5.21. The molecule has 0 aromatic heterocycles. The van der Waals surface area contributed by atoms with Crippen LogP contribution in [0.2, 0.25) is 0 Å². The molecule has 4 rings (SSSR count). The van der Waals surface area contributed by atoms with Gasteiger partial charge in [0.2, 0.25) is 24.6 Å². The van der Waals surface area contributed by atoms with E-state index in [4.69, 9.17) is 15.2 Å². The fourth-order valence-electron chi connectivity index (χ4n) is 3.00. The van der Waals surface area contributed by atoms with Gasteiger partial charge in [0.1, 0.15) is 6.04 Å². The Morgan fingerprint density at radius 1 is 1.20 bits per heavy atom.